The van der Waals surface area contributed by atoms with Gasteiger partial charge in [0, 0.05) is 44.5 Å². The van der Waals surface area contributed by atoms with E-state index < -0.39 is 0 Å². The van der Waals surface area contributed by atoms with Gasteiger partial charge in [-0.15, -0.1) is 0 Å². The molecule has 2 aromatic rings. The van der Waals surface area contributed by atoms with Crippen LogP contribution in [0.2, 0.25) is 0 Å². The van der Waals surface area contributed by atoms with Crippen LogP contribution in [0.4, 0.5) is 11.4 Å². The number of carbonyl (C=O) groups is 2. The van der Waals surface area contributed by atoms with E-state index in [-0.39, 0.29) is 18.4 Å². The fraction of sp³-hybridized carbons (Fsp3) is 0.348. The molecule has 1 fully saturated rings. The standard InChI is InChI=1S/C23H28N4O4/c1-17(19-4-6-20(7-5-19)24-18(2)28)25-31-16-23(29)27-14-12-26(13-15-27)21-8-10-22(30-3)11-9-21/h4-11H,12-16H2,1-3H3,(H,24,28)/b25-17+. The fourth-order valence-electron chi connectivity index (χ4n) is 3.33. The van der Waals surface area contributed by atoms with Crippen LogP contribution in [-0.2, 0) is 14.4 Å². The maximum absolute atomic E-state index is 12.4. The van der Waals surface area contributed by atoms with E-state index in [2.05, 4.69) is 15.4 Å². The van der Waals surface area contributed by atoms with E-state index in [1.807, 2.05) is 43.3 Å². The zero-order valence-electron chi connectivity index (χ0n) is 18.1. The number of amides is 2. The van der Waals surface area contributed by atoms with Gasteiger partial charge in [-0.05, 0) is 48.9 Å². The van der Waals surface area contributed by atoms with Crippen molar-refractivity contribution >= 4 is 28.9 Å². The summed E-state index contributed by atoms with van der Waals surface area (Å²) in [7, 11) is 1.65. The maximum atomic E-state index is 12.4. The third-order valence-electron chi connectivity index (χ3n) is 5.08. The molecule has 1 aliphatic rings. The van der Waals surface area contributed by atoms with Gasteiger partial charge >= 0.3 is 0 Å². The summed E-state index contributed by atoms with van der Waals surface area (Å²) in [6.45, 7) is 5.99. The Bertz CT molecular complexity index is 918. The number of hydrogen-bond donors (Lipinski definition) is 1. The lowest BCUT2D eigenvalue weighted by atomic mass is 10.1. The molecular weight excluding hydrogens is 396 g/mol. The molecule has 0 spiro atoms. The Morgan fingerprint density at radius 3 is 2.19 bits per heavy atom. The van der Waals surface area contributed by atoms with Crippen molar-refractivity contribution in [2.45, 2.75) is 13.8 Å². The Morgan fingerprint density at radius 1 is 0.968 bits per heavy atom. The zero-order chi connectivity index (χ0) is 22.2. The second kappa shape index (κ2) is 10.5. The average molecular weight is 425 g/mol. The lowest BCUT2D eigenvalue weighted by Gasteiger charge is -2.36. The first-order chi connectivity index (χ1) is 15.0. The smallest absolute Gasteiger partial charge is 0.263 e. The highest BCUT2D eigenvalue weighted by atomic mass is 16.6. The normalized spacial score (nSPS) is 14.2. The third-order valence-corrected chi connectivity index (χ3v) is 5.08. The number of oxime groups is 1. The molecule has 0 saturated carbocycles. The van der Waals surface area contributed by atoms with Crippen LogP contribution in [0.3, 0.4) is 0 Å². The van der Waals surface area contributed by atoms with Gasteiger partial charge in [0.2, 0.25) is 5.91 Å². The monoisotopic (exact) mass is 424 g/mol. The second-order valence-electron chi connectivity index (χ2n) is 7.27. The number of benzene rings is 2. The van der Waals surface area contributed by atoms with E-state index in [1.165, 1.54) is 6.92 Å². The van der Waals surface area contributed by atoms with Crippen LogP contribution in [0.1, 0.15) is 19.4 Å². The Morgan fingerprint density at radius 2 is 1.61 bits per heavy atom. The second-order valence-corrected chi connectivity index (χ2v) is 7.27. The molecule has 164 valence electrons. The Labute approximate surface area is 182 Å². The summed E-state index contributed by atoms with van der Waals surface area (Å²) in [4.78, 5) is 32.9. The first-order valence-electron chi connectivity index (χ1n) is 10.2. The molecule has 2 amide bonds. The van der Waals surface area contributed by atoms with Gasteiger partial charge in [-0.2, -0.15) is 0 Å². The topological polar surface area (TPSA) is 83.5 Å². The van der Waals surface area contributed by atoms with Gasteiger partial charge in [0.15, 0.2) is 6.61 Å². The molecule has 31 heavy (non-hydrogen) atoms. The Kier molecular flexibility index (Phi) is 7.48. The molecule has 1 saturated heterocycles. The number of carbonyl (C=O) groups excluding carboxylic acids is 2. The molecule has 1 N–H and O–H groups in total. The van der Waals surface area contributed by atoms with Crippen molar-refractivity contribution in [1.29, 1.82) is 0 Å². The summed E-state index contributed by atoms with van der Waals surface area (Å²) in [6.07, 6.45) is 0. The van der Waals surface area contributed by atoms with Gasteiger partial charge in [-0.25, -0.2) is 0 Å². The summed E-state index contributed by atoms with van der Waals surface area (Å²) in [5.74, 6) is 0.631. The van der Waals surface area contributed by atoms with Gasteiger partial charge < -0.3 is 24.7 Å². The van der Waals surface area contributed by atoms with Crippen molar-refractivity contribution in [3.05, 3.63) is 54.1 Å². The minimum atomic E-state index is -0.121. The first kappa shape index (κ1) is 22.1. The Balaban J connectivity index is 1.44. The van der Waals surface area contributed by atoms with Gasteiger partial charge in [0.25, 0.3) is 5.91 Å². The lowest BCUT2D eigenvalue weighted by Crippen LogP contribution is -2.49. The van der Waals surface area contributed by atoms with E-state index >= 15 is 0 Å². The maximum Gasteiger partial charge on any atom is 0.263 e. The first-order valence-corrected chi connectivity index (χ1v) is 10.2. The average Bonchev–Trinajstić information content (AvgIpc) is 2.79. The summed E-state index contributed by atoms with van der Waals surface area (Å²) in [5.41, 5.74) is 3.35. The van der Waals surface area contributed by atoms with Crippen molar-refractivity contribution in [1.82, 2.24) is 4.90 Å². The van der Waals surface area contributed by atoms with E-state index in [0.717, 1.165) is 30.1 Å². The summed E-state index contributed by atoms with van der Waals surface area (Å²) >= 11 is 0. The van der Waals surface area contributed by atoms with E-state index in [9.17, 15) is 9.59 Å². The highest BCUT2D eigenvalue weighted by molar-refractivity contribution is 5.99. The van der Waals surface area contributed by atoms with Gasteiger partial charge in [-0.1, -0.05) is 17.3 Å². The van der Waals surface area contributed by atoms with E-state index in [0.29, 0.717) is 24.5 Å². The van der Waals surface area contributed by atoms with E-state index in [1.54, 1.807) is 24.1 Å². The van der Waals surface area contributed by atoms with Crippen LogP contribution < -0.4 is 15.0 Å². The van der Waals surface area contributed by atoms with Crippen molar-refractivity contribution in [2.75, 3.05) is 50.1 Å². The van der Waals surface area contributed by atoms with E-state index in [4.69, 9.17) is 9.57 Å². The number of nitrogens with zero attached hydrogens (tertiary/aromatic N) is 3. The highest BCUT2D eigenvalue weighted by Crippen LogP contribution is 2.20. The van der Waals surface area contributed by atoms with Crippen molar-refractivity contribution in [2.24, 2.45) is 5.16 Å². The zero-order valence-corrected chi connectivity index (χ0v) is 18.1. The lowest BCUT2D eigenvalue weighted by molar-refractivity contribution is -0.136. The number of piperazine rings is 1. The molecule has 0 bridgehead atoms. The molecule has 0 unspecified atom stereocenters. The number of nitrogens with one attached hydrogen (secondary N) is 1. The Hall–Kier alpha value is -3.55. The highest BCUT2D eigenvalue weighted by Gasteiger charge is 2.21. The minimum absolute atomic E-state index is 0.0769. The SMILES string of the molecule is COc1ccc(N2CCN(C(=O)CO/N=C(\C)c3ccc(NC(C)=O)cc3)CC2)cc1. The molecular formula is C23H28N4O4. The number of rotatable bonds is 7. The molecule has 3 rings (SSSR count). The van der Waals surface area contributed by atoms with Crippen LogP contribution in [0.5, 0.6) is 5.75 Å². The number of anilines is 2. The van der Waals surface area contributed by atoms with Crippen molar-refractivity contribution < 1.29 is 19.2 Å². The molecule has 8 nitrogen and oxygen atoms in total. The van der Waals surface area contributed by atoms with Crippen LogP contribution in [0.25, 0.3) is 0 Å². The largest absolute Gasteiger partial charge is 0.497 e. The van der Waals surface area contributed by atoms with Crippen LogP contribution >= 0.6 is 0 Å². The molecule has 0 atom stereocenters. The molecule has 0 aromatic heterocycles. The summed E-state index contributed by atoms with van der Waals surface area (Å²) < 4.78 is 5.20. The van der Waals surface area contributed by atoms with Crippen molar-refractivity contribution in [3.8, 4) is 5.75 Å². The molecule has 2 aromatic carbocycles. The third kappa shape index (κ3) is 6.21. The predicted molar refractivity (Wildman–Crippen MR) is 121 cm³/mol. The molecule has 8 heteroatoms. The van der Waals surface area contributed by atoms with Crippen molar-refractivity contribution in [3.63, 3.8) is 0 Å². The summed E-state index contributed by atoms with van der Waals surface area (Å²) in [6, 6.07) is 15.2. The minimum Gasteiger partial charge on any atom is -0.497 e. The molecule has 1 heterocycles. The van der Waals surface area contributed by atoms with Crippen LogP contribution in [-0.4, -0.2) is 62.3 Å². The van der Waals surface area contributed by atoms with Crippen LogP contribution in [0.15, 0.2) is 53.7 Å². The molecule has 0 radical (unpaired) electrons. The van der Waals surface area contributed by atoms with Crippen LogP contribution in [0, 0.1) is 0 Å². The van der Waals surface area contributed by atoms with Gasteiger partial charge in [0.1, 0.15) is 5.75 Å². The predicted octanol–water partition coefficient (Wildman–Crippen LogP) is 2.74. The van der Waals surface area contributed by atoms with Gasteiger partial charge in [0.05, 0.1) is 12.8 Å². The number of methoxy groups -OCH3 is 1. The molecule has 1 aliphatic heterocycles. The summed E-state index contributed by atoms with van der Waals surface area (Å²) in [5, 5.41) is 6.77. The number of ether oxygens (including phenoxy) is 1. The molecule has 0 aliphatic carbocycles. The van der Waals surface area contributed by atoms with Gasteiger partial charge in [-0.3, -0.25) is 9.59 Å². The number of hydrogen-bond acceptors (Lipinski definition) is 6. The quantitative estimate of drug-likeness (QED) is 0.546. The fourth-order valence-corrected chi connectivity index (χ4v) is 3.33.